The number of benzene rings is 3. The Morgan fingerprint density at radius 3 is 2.49 bits per heavy atom. The average Bonchev–Trinajstić information content (AvgIpc) is 3.78. The third kappa shape index (κ3) is 10.0. The first kappa shape index (κ1) is 46.6. The molecule has 16 heteroatoms. The second-order valence-electron chi connectivity index (χ2n) is 20.0. The predicted octanol–water partition coefficient (Wildman–Crippen LogP) is 8.99. The number of nitrogens with one attached hydrogen (secondary N) is 3. The first-order valence-corrected chi connectivity index (χ1v) is 25.5. The quantitative estimate of drug-likeness (QED) is 0.0613. The number of fused-ring (bicyclic) bond motifs is 1. The van der Waals surface area contributed by atoms with E-state index in [1.165, 1.54) is 36.1 Å². The van der Waals surface area contributed by atoms with Crippen molar-refractivity contribution in [3.8, 4) is 11.5 Å². The zero-order valence-corrected chi connectivity index (χ0v) is 39.9. The number of hydrogen-bond acceptors (Lipinski definition) is 12. The Morgan fingerprint density at radius 2 is 1.76 bits per heavy atom. The van der Waals surface area contributed by atoms with Gasteiger partial charge < -0.3 is 29.9 Å². The lowest BCUT2D eigenvalue weighted by atomic mass is 9.59. The van der Waals surface area contributed by atoms with E-state index in [1.54, 1.807) is 30.6 Å². The van der Waals surface area contributed by atoms with Crippen LogP contribution in [-0.2, 0) is 10.0 Å². The maximum absolute atomic E-state index is 14.0. The molecule has 2 aliphatic carbocycles. The predicted molar refractivity (Wildman–Crippen MR) is 260 cm³/mol. The number of anilines is 2. The summed E-state index contributed by atoms with van der Waals surface area (Å²) in [6, 6.07) is 22.3. The molecule has 4 aliphatic rings. The topological polar surface area (TPSA) is 186 Å². The smallest absolute Gasteiger partial charge is 0.293 e. The molecule has 4 fully saturated rings. The first-order chi connectivity index (χ1) is 32.1. The fourth-order valence-corrected chi connectivity index (χ4v) is 12.1. The van der Waals surface area contributed by atoms with Crippen LogP contribution in [0.5, 0.6) is 11.5 Å². The van der Waals surface area contributed by atoms with Crippen molar-refractivity contribution < 1.29 is 28.0 Å². The largest absolute Gasteiger partial charge is 0.455 e. The molecule has 1 amide bonds. The van der Waals surface area contributed by atoms with E-state index in [0.29, 0.717) is 48.8 Å². The van der Waals surface area contributed by atoms with Crippen molar-refractivity contribution in [2.24, 2.45) is 11.3 Å². The third-order valence-electron chi connectivity index (χ3n) is 15.2. The normalized spacial score (nSPS) is 22.7. The molecule has 0 bridgehead atoms. The van der Waals surface area contributed by atoms with E-state index in [4.69, 9.17) is 4.74 Å². The van der Waals surface area contributed by atoms with E-state index in [-0.39, 0.29) is 28.3 Å². The Bertz CT molecular complexity index is 2710. The number of H-pyrrole nitrogens is 1. The summed E-state index contributed by atoms with van der Waals surface area (Å²) in [4.78, 5) is 40.4. The summed E-state index contributed by atoms with van der Waals surface area (Å²) < 4.78 is 36.1. The highest BCUT2D eigenvalue weighted by molar-refractivity contribution is 7.90. The number of sulfonamides is 1. The zero-order chi connectivity index (χ0) is 47.1. The van der Waals surface area contributed by atoms with Gasteiger partial charge in [0.2, 0.25) is 0 Å². The second-order valence-corrected chi connectivity index (χ2v) is 21.7. The minimum Gasteiger partial charge on any atom is -0.455 e. The number of likely N-dealkylation sites (N-methyl/N-ethyl adjacent to an activating group) is 1. The molecule has 2 aromatic heterocycles. The van der Waals surface area contributed by atoms with Gasteiger partial charge in [-0.05, 0) is 130 Å². The van der Waals surface area contributed by atoms with E-state index < -0.39 is 37.0 Å². The number of aliphatic hydroxyl groups is 1. The second kappa shape index (κ2) is 18.9. The molecule has 9 rings (SSSR count). The van der Waals surface area contributed by atoms with Gasteiger partial charge in [-0.2, -0.15) is 0 Å². The van der Waals surface area contributed by atoms with Crippen molar-refractivity contribution in [1.82, 2.24) is 24.5 Å². The van der Waals surface area contributed by atoms with Crippen molar-refractivity contribution in [2.75, 3.05) is 56.0 Å². The number of nitro groups is 1. The zero-order valence-electron chi connectivity index (χ0n) is 39.0. The molecule has 2 saturated carbocycles. The summed E-state index contributed by atoms with van der Waals surface area (Å²) in [5.74, 6) is 0.245. The fraction of sp³-hybridized carbons (Fsp3) is 0.490. The molecule has 1 atom stereocenters. The van der Waals surface area contributed by atoms with Crippen molar-refractivity contribution in [3.63, 3.8) is 0 Å². The van der Waals surface area contributed by atoms with Crippen LogP contribution in [0.15, 0.2) is 90.1 Å². The maximum Gasteiger partial charge on any atom is 0.293 e. The molecule has 67 heavy (non-hydrogen) atoms. The summed E-state index contributed by atoms with van der Waals surface area (Å²) in [7, 11) is -4.57. The van der Waals surface area contributed by atoms with Gasteiger partial charge in [0, 0.05) is 80.8 Å². The number of ether oxygens (including phenoxy) is 1. The lowest BCUT2D eigenvalue weighted by Crippen LogP contribution is -2.60. The molecular formula is C51H64N8O7S. The molecule has 4 heterocycles. The SMILES string of the molecule is CCN1CCN(C2CC3(CCN(c4ccc(C(=O)NS(=O)(=O)c5ccc(NC[C@H]6CC[C@](C)(O)CC6)c([N+](=O)[O-])c5)c(Oc5cnc6[nH]ccc6c5)c4)CC3)C2)C(c2ccccc2C(C)C)C1. The van der Waals surface area contributed by atoms with Gasteiger partial charge in [-0.15, -0.1) is 0 Å². The number of amides is 1. The summed E-state index contributed by atoms with van der Waals surface area (Å²) in [5.41, 5.74) is 3.74. The van der Waals surface area contributed by atoms with Crippen LogP contribution in [0.3, 0.4) is 0 Å². The van der Waals surface area contributed by atoms with Crippen LogP contribution in [0, 0.1) is 21.4 Å². The van der Waals surface area contributed by atoms with Crippen LogP contribution in [0.25, 0.3) is 11.0 Å². The number of piperazine rings is 1. The standard InChI is InChI=1S/C51H64N8O7S/c1-5-56-24-25-58(46(33-56)42-9-7-6-8-41(42)34(2)3)38-29-51(30-38)19-22-57(23-20-51)37-10-12-43(47(27-37)66-39-26-36-16-21-52-48(36)54-32-39)49(60)55-67(64,65)40-11-13-44(45(28-40)59(62)63)53-31-35-14-17-50(4,61)18-15-35/h6-13,16,21,26-28,32,34-35,38,46,53,61H,5,14-15,17-20,22-25,29-31,33H2,1-4H3,(H,52,54)(H,55,60)/t35-,46?,50-. The Hall–Kier alpha value is -5.55. The molecule has 2 aliphatic heterocycles. The van der Waals surface area contributed by atoms with Crippen LogP contribution in [0.4, 0.5) is 17.1 Å². The summed E-state index contributed by atoms with van der Waals surface area (Å²) in [5, 5.41) is 26.4. The van der Waals surface area contributed by atoms with Gasteiger partial charge >= 0.3 is 0 Å². The average molecular weight is 933 g/mol. The van der Waals surface area contributed by atoms with E-state index in [9.17, 15) is 28.4 Å². The fourth-order valence-electron chi connectivity index (χ4n) is 11.1. The van der Waals surface area contributed by atoms with Crippen molar-refractivity contribution in [3.05, 3.63) is 112 Å². The number of pyridine rings is 1. The van der Waals surface area contributed by atoms with Gasteiger partial charge in [0.25, 0.3) is 21.6 Å². The molecule has 356 valence electrons. The lowest BCUT2D eigenvalue weighted by molar-refractivity contribution is -0.384. The first-order valence-electron chi connectivity index (χ1n) is 24.0. The molecule has 3 aromatic carbocycles. The van der Waals surface area contributed by atoms with Crippen molar-refractivity contribution in [2.45, 2.75) is 108 Å². The number of aromatic nitrogens is 2. The van der Waals surface area contributed by atoms with E-state index in [0.717, 1.165) is 82.1 Å². The molecule has 0 radical (unpaired) electrons. The number of carbonyl (C=O) groups excluding carboxylic acids is 1. The van der Waals surface area contributed by atoms with Crippen LogP contribution in [-0.4, -0.2) is 102 Å². The molecular weight excluding hydrogens is 869 g/mol. The number of aromatic amines is 1. The number of rotatable bonds is 14. The number of piperidine rings is 1. The maximum atomic E-state index is 14.0. The van der Waals surface area contributed by atoms with Gasteiger partial charge in [0.15, 0.2) is 0 Å². The van der Waals surface area contributed by atoms with Crippen LogP contribution in [0.1, 0.15) is 113 Å². The van der Waals surface area contributed by atoms with Gasteiger partial charge in [0.05, 0.1) is 27.2 Å². The number of nitro benzene ring substituents is 1. The summed E-state index contributed by atoms with van der Waals surface area (Å²) >= 11 is 0. The van der Waals surface area contributed by atoms with Gasteiger partial charge in [-0.3, -0.25) is 19.8 Å². The number of hydrogen-bond donors (Lipinski definition) is 4. The molecule has 5 aromatic rings. The highest BCUT2D eigenvalue weighted by Crippen LogP contribution is 2.53. The van der Waals surface area contributed by atoms with Crippen LogP contribution >= 0.6 is 0 Å². The van der Waals surface area contributed by atoms with Crippen LogP contribution < -0.4 is 19.7 Å². The molecule has 2 saturated heterocycles. The van der Waals surface area contributed by atoms with Crippen molar-refractivity contribution >= 4 is 44.0 Å². The molecule has 1 unspecified atom stereocenters. The Labute approximate surface area is 393 Å². The van der Waals surface area contributed by atoms with E-state index in [2.05, 4.69) is 79.7 Å². The summed E-state index contributed by atoms with van der Waals surface area (Å²) in [6.07, 6.45) is 10.6. The van der Waals surface area contributed by atoms with Crippen LogP contribution in [0.2, 0.25) is 0 Å². The van der Waals surface area contributed by atoms with E-state index in [1.807, 2.05) is 19.1 Å². The molecule has 1 spiro atoms. The Kier molecular flexibility index (Phi) is 13.1. The molecule has 15 nitrogen and oxygen atoms in total. The lowest BCUT2D eigenvalue weighted by Gasteiger charge is -2.58. The van der Waals surface area contributed by atoms with Gasteiger partial charge in [0.1, 0.15) is 22.8 Å². The third-order valence-corrected chi connectivity index (χ3v) is 16.5. The van der Waals surface area contributed by atoms with Gasteiger partial charge in [-0.1, -0.05) is 45.0 Å². The van der Waals surface area contributed by atoms with E-state index >= 15 is 0 Å². The number of nitrogens with zero attached hydrogens (tertiary/aromatic N) is 5. The minimum atomic E-state index is -4.57. The van der Waals surface area contributed by atoms with Gasteiger partial charge in [-0.25, -0.2) is 18.1 Å². The Balaban J connectivity index is 0.899. The van der Waals surface area contributed by atoms with Crippen molar-refractivity contribution in [1.29, 1.82) is 0 Å². The highest BCUT2D eigenvalue weighted by atomic mass is 32.2. The molecule has 4 N–H and O–H groups in total. The monoisotopic (exact) mass is 932 g/mol. The minimum absolute atomic E-state index is 0.0205. The summed E-state index contributed by atoms with van der Waals surface area (Å²) in [6.45, 7) is 15.0. The number of carbonyl (C=O) groups is 1. The highest BCUT2D eigenvalue weighted by Gasteiger charge is 2.50. The Morgan fingerprint density at radius 1 is 1.00 bits per heavy atom.